The highest BCUT2D eigenvalue weighted by Crippen LogP contribution is 2.22. The van der Waals surface area contributed by atoms with E-state index >= 15 is 0 Å². The Hall–Kier alpha value is -2.91. The SMILES string of the molecule is CN(C)C(=O)N1CCC(C(=O)Nc2ccc(S(=O)(=O)N(C)Cc3ccccc3)cc2)CC1. The number of hydrogen-bond donors (Lipinski definition) is 1. The lowest BCUT2D eigenvalue weighted by Gasteiger charge is -2.33. The minimum atomic E-state index is -3.65. The molecular weight excluding hydrogens is 428 g/mol. The number of carbonyl (C=O) groups is 2. The maximum absolute atomic E-state index is 12.9. The summed E-state index contributed by atoms with van der Waals surface area (Å²) in [6, 6.07) is 15.6. The molecule has 8 nitrogen and oxygen atoms in total. The summed E-state index contributed by atoms with van der Waals surface area (Å²) in [5, 5.41) is 2.86. The van der Waals surface area contributed by atoms with E-state index in [1.54, 1.807) is 38.2 Å². The monoisotopic (exact) mass is 458 g/mol. The fourth-order valence-electron chi connectivity index (χ4n) is 3.68. The van der Waals surface area contributed by atoms with Gasteiger partial charge in [-0.15, -0.1) is 0 Å². The largest absolute Gasteiger partial charge is 0.331 e. The Balaban J connectivity index is 1.57. The standard InChI is InChI=1S/C23H30N4O4S/c1-25(2)23(29)27-15-13-19(14-16-27)22(28)24-20-9-11-21(12-10-20)32(30,31)26(3)17-18-7-5-4-6-8-18/h4-12,19H,13-17H2,1-3H3,(H,24,28). The van der Waals surface area contributed by atoms with Gasteiger partial charge in [-0.1, -0.05) is 30.3 Å². The first-order chi connectivity index (χ1) is 15.2. The number of benzene rings is 2. The van der Waals surface area contributed by atoms with Crippen LogP contribution in [0.5, 0.6) is 0 Å². The number of nitrogens with zero attached hydrogens (tertiary/aromatic N) is 3. The molecule has 3 amide bonds. The topological polar surface area (TPSA) is 90.0 Å². The van der Waals surface area contributed by atoms with Gasteiger partial charge in [0.15, 0.2) is 0 Å². The summed E-state index contributed by atoms with van der Waals surface area (Å²) >= 11 is 0. The molecule has 0 radical (unpaired) electrons. The van der Waals surface area contributed by atoms with E-state index < -0.39 is 10.0 Å². The molecule has 0 bridgehead atoms. The molecule has 1 saturated heterocycles. The summed E-state index contributed by atoms with van der Waals surface area (Å²) in [5.41, 5.74) is 1.45. The Labute approximate surface area is 189 Å². The summed E-state index contributed by atoms with van der Waals surface area (Å²) in [6.45, 7) is 1.36. The third-order valence-electron chi connectivity index (χ3n) is 5.60. The van der Waals surface area contributed by atoms with Crippen molar-refractivity contribution in [1.29, 1.82) is 0 Å². The minimum absolute atomic E-state index is 0.0436. The van der Waals surface area contributed by atoms with E-state index in [4.69, 9.17) is 0 Å². The Morgan fingerprint density at radius 3 is 2.12 bits per heavy atom. The molecule has 0 aliphatic carbocycles. The van der Waals surface area contributed by atoms with Crippen molar-refractivity contribution < 1.29 is 18.0 Å². The lowest BCUT2D eigenvalue weighted by Crippen LogP contribution is -2.45. The van der Waals surface area contributed by atoms with Crippen molar-refractivity contribution in [2.45, 2.75) is 24.3 Å². The molecule has 172 valence electrons. The maximum atomic E-state index is 12.9. The zero-order valence-electron chi connectivity index (χ0n) is 18.7. The van der Waals surface area contributed by atoms with Gasteiger partial charge in [-0.2, -0.15) is 4.31 Å². The van der Waals surface area contributed by atoms with Crippen LogP contribution in [0.1, 0.15) is 18.4 Å². The van der Waals surface area contributed by atoms with E-state index in [0.717, 1.165) is 5.56 Å². The fourth-order valence-corrected chi connectivity index (χ4v) is 4.83. The molecular formula is C23H30N4O4S. The molecule has 1 aliphatic rings. The highest BCUT2D eigenvalue weighted by atomic mass is 32.2. The second-order valence-electron chi connectivity index (χ2n) is 8.20. The molecule has 0 spiro atoms. The van der Waals surface area contributed by atoms with Gasteiger partial charge in [-0.3, -0.25) is 4.79 Å². The average molecular weight is 459 g/mol. The molecule has 1 aliphatic heterocycles. The van der Waals surface area contributed by atoms with Gasteiger partial charge in [0.05, 0.1) is 4.90 Å². The van der Waals surface area contributed by atoms with E-state index in [-0.39, 0.29) is 29.3 Å². The van der Waals surface area contributed by atoms with E-state index in [1.165, 1.54) is 21.3 Å². The number of hydrogen-bond acceptors (Lipinski definition) is 4. The van der Waals surface area contributed by atoms with Crippen molar-refractivity contribution in [3.8, 4) is 0 Å². The van der Waals surface area contributed by atoms with E-state index in [1.807, 2.05) is 30.3 Å². The Morgan fingerprint density at radius 2 is 1.56 bits per heavy atom. The van der Waals surface area contributed by atoms with Gasteiger partial charge in [0.2, 0.25) is 15.9 Å². The van der Waals surface area contributed by atoms with Crippen LogP contribution in [0.15, 0.2) is 59.5 Å². The van der Waals surface area contributed by atoms with Gasteiger partial charge >= 0.3 is 6.03 Å². The second kappa shape index (κ2) is 10.1. The Morgan fingerprint density at radius 1 is 0.969 bits per heavy atom. The molecule has 1 fully saturated rings. The number of amides is 3. The van der Waals surface area contributed by atoms with Gasteiger partial charge in [-0.05, 0) is 42.7 Å². The Bertz CT molecular complexity index is 1030. The number of piperidine rings is 1. The fraction of sp³-hybridized carbons (Fsp3) is 0.391. The number of carbonyl (C=O) groups excluding carboxylic acids is 2. The third kappa shape index (κ3) is 5.66. The molecule has 1 N–H and O–H groups in total. The molecule has 2 aromatic rings. The first-order valence-electron chi connectivity index (χ1n) is 10.6. The van der Waals surface area contributed by atoms with Crippen LogP contribution in [0.2, 0.25) is 0 Å². The van der Waals surface area contributed by atoms with Gasteiger partial charge in [0.25, 0.3) is 0 Å². The summed E-state index contributed by atoms with van der Waals surface area (Å²) < 4.78 is 27.0. The van der Waals surface area contributed by atoms with E-state index in [9.17, 15) is 18.0 Å². The van der Waals surface area contributed by atoms with Crippen molar-refractivity contribution in [3.05, 3.63) is 60.2 Å². The number of rotatable bonds is 6. The van der Waals surface area contributed by atoms with Crippen LogP contribution in [0.25, 0.3) is 0 Å². The maximum Gasteiger partial charge on any atom is 0.319 e. The van der Waals surface area contributed by atoms with E-state index in [2.05, 4.69) is 5.32 Å². The van der Waals surface area contributed by atoms with Crippen LogP contribution in [-0.2, 0) is 21.4 Å². The van der Waals surface area contributed by atoms with Gasteiger partial charge in [0.1, 0.15) is 0 Å². The van der Waals surface area contributed by atoms with Crippen LogP contribution in [0.3, 0.4) is 0 Å². The Kier molecular flexibility index (Phi) is 7.52. The highest BCUT2D eigenvalue weighted by molar-refractivity contribution is 7.89. The quantitative estimate of drug-likeness (QED) is 0.721. The van der Waals surface area contributed by atoms with E-state index in [0.29, 0.717) is 31.6 Å². The molecule has 2 aromatic carbocycles. The second-order valence-corrected chi connectivity index (χ2v) is 10.2. The summed E-state index contributed by atoms with van der Waals surface area (Å²) in [5.74, 6) is -0.291. The molecule has 3 rings (SSSR count). The molecule has 1 heterocycles. The minimum Gasteiger partial charge on any atom is -0.331 e. The lowest BCUT2D eigenvalue weighted by atomic mass is 9.96. The number of likely N-dealkylation sites (tertiary alicyclic amines) is 1. The van der Waals surface area contributed by atoms with Crippen molar-refractivity contribution >= 4 is 27.6 Å². The molecule has 0 saturated carbocycles. The predicted molar refractivity (Wildman–Crippen MR) is 124 cm³/mol. The van der Waals surface area contributed by atoms with Crippen LogP contribution >= 0.6 is 0 Å². The number of nitrogens with one attached hydrogen (secondary N) is 1. The number of sulfonamides is 1. The number of urea groups is 1. The first-order valence-corrected chi connectivity index (χ1v) is 12.0. The smallest absolute Gasteiger partial charge is 0.319 e. The highest BCUT2D eigenvalue weighted by Gasteiger charge is 2.28. The average Bonchev–Trinajstić information content (AvgIpc) is 2.79. The molecule has 0 atom stereocenters. The first kappa shape index (κ1) is 23.7. The predicted octanol–water partition coefficient (Wildman–Crippen LogP) is 2.84. The van der Waals surface area contributed by atoms with Gasteiger partial charge in [0, 0.05) is 52.4 Å². The summed E-state index contributed by atoms with van der Waals surface area (Å²) in [4.78, 5) is 28.1. The normalized spacial score (nSPS) is 14.9. The molecule has 0 unspecified atom stereocenters. The summed E-state index contributed by atoms with van der Waals surface area (Å²) in [6.07, 6.45) is 1.20. The lowest BCUT2D eigenvalue weighted by molar-refractivity contribution is -0.121. The summed E-state index contributed by atoms with van der Waals surface area (Å²) in [7, 11) is 1.33. The molecule has 9 heteroatoms. The van der Waals surface area contributed by atoms with Crippen LogP contribution < -0.4 is 5.32 Å². The van der Waals surface area contributed by atoms with Crippen molar-refractivity contribution in [2.24, 2.45) is 5.92 Å². The third-order valence-corrected chi connectivity index (χ3v) is 7.41. The van der Waals surface area contributed by atoms with Crippen molar-refractivity contribution in [2.75, 3.05) is 39.5 Å². The zero-order chi connectivity index (χ0) is 23.3. The number of anilines is 1. The molecule has 32 heavy (non-hydrogen) atoms. The van der Waals surface area contributed by atoms with Crippen LogP contribution in [0, 0.1) is 5.92 Å². The van der Waals surface area contributed by atoms with Crippen molar-refractivity contribution in [3.63, 3.8) is 0 Å². The van der Waals surface area contributed by atoms with Crippen LogP contribution in [-0.4, -0.2) is 68.7 Å². The van der Waals surface area contributed by atoms with Gasteiger partial charge < -0.3 is 15.1 Å². The molecule has 0 aromatic heterocycles. The van der Waals surface area contributed by atoms with Gasteiger partial charge in [-0.25, -0.2) is 13.2 Å². The van der Waals surface area contributed by atoms with Crippen LogP contribution in [0.4, 0.5) is 10.5 Å². The van der Waals surface area contributed by atoms with Crippen molar-refractivity contribution in [1.82, 2.24) is 14.1 Å². The zero-order valence-corrected chi connectivity index (χ0v) is 19.5.